The molecule has 1 N–H and O–H groups in total. The van der Waals surface area contributed by atoms with Crippen LogP contribution in [0.15, 0.2) is 24.3 Å². The van der Waals surface area contributed by atoms with Crippen molar-refractivity contribution >= 4 is 0 Å². The van der Waals surface area contributed by atoms with Gasteiger partial charge in [0, 0.05) is 18.0 Å². The Labute approximate surface area is 96.1 Å². The van der Waals surface area contributed by atoms with Crippen LogP contribution in [0.2, 0.25) is 0 Å². The molecular formula is C14H18FN. The van der Waals surface area contributed by atoms with Crippen LogP contribution in [0.3, 0.4) is 0 Å². The quantitative estimate of drug-likeness (QED) is 0.821. The van der Waals surface area contributed by atoms with E-state index in [4.69, 9.17) is 0 Å². The first-order chi connectivity index (χ1) is 7.71. The van der Waals surface area contributed by atoms with Crippen molar-refractivity contribution < 1.29 is 4.39 Å². The zero-order chi connectivity index (χ0) is 11.2. The first-order valence-electron chi connectivity index (χ1n) is 6.20. The number of hydrogen-bond donors (Lipinski definition) is 1. The second-order valence-corrected chi connectivity index (χ2v) is 5.42. The fourth-order valence-corrected chi connectivity index (χ4v) is 2.63. The van der Waals surface area contributed by atoms with Gasteiger partial charge in [0.2, 0.25) is 0 Å². The fourth-order valence-electron chi connectivity index (χ4n) is 2.63. The van der Waals surface area contributed by atoms with E-state index in [9.17, 15) is 4.39 Å². The Bertz CT molecular complexity index is 382. The van der Waals surface area contributed by atoms with Crippen molar-refractivity contribution in [2.45, 2.75) is 37.6 Å². The summed E-state index contributed by atoms with van der Waals surface area (Å²) < 4.78 is 12.9. The second kappa shape index (κ2) is 3.56. The Balaban J connectivity index is 1.76. The molecule has 0 bridgehead atoms. The molecule has 0 radical (unpaired) electrons. The van der Waals surface area contributed by atoms with Gasteiger partial charge in [-0.1, -0.05) is 19.1 Å². The zero-order valence-corrected chi connectivity index (χ0v) is 9.67. The van der Waals surface area contributed by atoms with Gasteiger partial charge in [-0.3, -0.25) is 0 Å². The van der Waals surface area contributed by atoms with Gasteiger partial charge in [0.05, 0.1) is 0 Å². The van der Waals surface area contributed by atoms with Gasteiger partial charge < -0.3 is 5.32 Å². The largest absolute Gasteiger partial charge is 0.313 e. The highest BCUT2D eigenvalue weighted by Gasteiger charge is 2.52. The van der Waals surface area contributed by atoms with Crippen LogP contribution in [0.1, 0.15) is 31.7 Å². The van der Waals surface area contributed by atoms with Gasteiger partial charge in [-0.15, -0.1) is 0 Å². The van der Waals surface area contributed by atoms with Crippen LogP contribution in [-0.4, -0.2) is 12.6 Å². The predicted molar refractivity (Wildman–Crippen MR) is 62.9 cm³/mol. The van der Waals surface area contributed by atoms with E-state index in [0.29, 0.717) is 0 Å². The van der Waals surface area contributed by atoms with Crippen molar-refractivity contribution in [1.29, 1.82) is 0 Å². The Morgan fingerprint density at radius 2 is 1.94 bits per heavy atom. The smallest absolute Gasteiger partial charge is 0.123 e. The third-order valence-electron chi connectivity index (χ3n) is 4.16. The first-order valence-corrected chi connectivity index (χ1v) is 6.20. The molecule has 2 unspecified atom stereocenters. The van der Waals surface area contributed by atoms with E-state index in [1.165, 1.54) is 24.8 Å². The molecule has 1 aromatic carbocycles. The molecule has 0 spiro atoms. The van der Waals surface area contributed by atoms with Crippen molar-refractivity contribution in [3.63, 3.8) is 0 Å². The second-order valence-electron chi connectivity index (χ2n) is 5.42. The summed E-state index contributed by atoms with van der Waals surface area (Å²) in [6.07, 6.45) is 3.89. The molecular weight excluding hydrogens is 201 g/mol. The number of benzene rings is 1. The topological polar surface area (TPSA) is 12.0 Å². The minimum Gasteiger partial charge on any atom is -0.313 e. The highest BCUT2D eigenvalue weighted by molar-refractivity contribution is 5.34. The van der Waals surface area contributed by atoms with Crippen molar-refractivity contribution in [3.05, 3.63) is 35.6 Å². The molecule has 2 atom stereocenters. The monoisotopic (exact) mass is 219 g/mol. The van der Waals surface area contributed by atoms with E-state index in [1.807, 2.05) is 12.1 Å². The first kappa shape index (κ1) is 10.3. The van der Waals surface area contributed by atoms with Gasteiger partial charge >= 0.3 is 0 Å². The van der Waals surface area contributed by atoms with E-state index in [2.05, 4.69) is 12.2 Å². The lowest BCUT2D eigenvalue weighted by molar-refractivity contribution is 0.539. The maximum absolute atomic E-state index is 12.9. The summed E-state index contributed by atoms with van der Waals surface area (Å²) in [6, 6.07) is 7.82. The normalized spacial score (nSPS) is 32.8. The molecule has 0 saturated heterocycles. The SMILES string of the molecule is CC1CC1(CNC1CC1)c1ccc(F)cc1. The number of rotatable bonds is 4. The highest BCUT2D eigenvalue weighted by Crippen LogP contribution is 2.53. The fraction of sp³-hybridized carbons (Fsp3) is 0.571. The summed E-state index contributed by atoms with van der Waals surface area (Å²) in [5.41, 5.74) is 1.59. The lowest BCUT2D eigenvalue weighted by Crippen LogP contribution is -2.29. The molecule has 0 aromatic heterocycles. The van der Waals surface area contributed by atoms with Crippen LogP contribution in [0, 0.1) is 11.7 Å². The van der Waals surface area contributed by atoms with Crippen LogP contribution < -0.4 is 5.32 Å². The lowest BCUT2D eigenvalue weighted by atomic mass is 9.93. The Morgan fingerprint density at radius 3 is 2.44 bits per heavy atom. The zero-order valence-electron chi connectivity index (χ0n) is 9.67. The maximum atomic E-state index is 12.9. The van der Waals surface area contributed by atoms with Crippen molar-refractivity contribution in [1.82, 2.24) is 5.32 Å². The van der Waals surface area contributed by atoms with Gasteiger partial charge in [-0.05, 0) is 42.9 Å². The van der Waals surface area contributed by atoms with Crippen LogP contribution in [0.4, 0.5) is 4.39 Å². The minimum absolute atomic E-state index is 0.137. The van der Waals surface area contributed by atoms with Gasteiger partial charge in [0.1, 0.15) is 5.82 Å². The Hall–Kier alpha value is -0.890. The number of nitrogens with one attached hydrogen (secondary N) is 1. The van der Waals surface area contributed by atoms with E-state index in [-0.39, 0.29) is 11.2 Å². The maximum Gasteiger partial charge on any atom is 0.123 e. The van der Waals surface area contributed by atoms with E-state index >= 15 is 0 Å². The van der Waals surface area contributed by atoms with Crippen LogP contribution in [0.25, 0.3) is 0 Å². The molecule has 3 rings (SSSR count). The summed E-state index contributed by atoms with van der Waals surface area (Å²) in [4.78, 5) is 0. The van der Waals surface area contributed by atoms with Crippen LogP contribution in [0.5, 0.6) is 0 Å². The third kappa shape index (κ3) is 1.75. The van der Waals surface area contributed by atoms with E-state index < -0.39 is 0 Å². The molecule has 2 heteroatoms. The molecule has 86 valence electrons. The summed E-state index contributed by atoms with van der Waals surface area (Å²) in [6.45, 7) is 3.35. The molecule has 0 amide bonds. The molecule has 0 heterocycles. The Morgan fingerprint density at radius 1 is 1.31 bits per heavy atom. The minimum atomic E-state index is -0.137. The van der Waals surface area contributed by atoms with Crippen LogP contribution in [-0.2, 0) is 5.41 Å². The molecule has 2 saturated carbocycles. The van der Waals surface area contributed by atoms with Gasteiger partial charge in [0.15, 0.2) is 0 Å². The molecule has 2 fully saturated rings. The predicted octanol–water partition coefficient (Wildman–Crippen LogP) is 2.86. The Kier molecular flexibility index (Phi) is 2.28. The third-order valence-corrected chi connectivity index (χ3v) is 4.16. The van der Waals surface area contributed by atoms with Gasteiger partial charge in [0.25, 0.3) is 0 Å². The standard InChI is InChI=1S/C14H18FN/c1-10-8-14(10,9-16-13-6-7-13)11-2-4-12(15)5-3-11/h2-5,10,13,16H,6-9H2,1H3. The highest BCUT2D eigenvalue weighted by atomic mass is 19.1. The van der Waals surface area contributed by atoms with Gasteiger partial charge in [-0.2, -0.15) is 0 Å². The summed E-state index contributed by atoms with van der Waals surface area (Å²) in [7, 11) is 0. The molecule has 0 aliphatic heterocycles. The van der Waals surface area contributed by atoms with Crippen molar-refractivity contribution in [3.8, 4) is 0 Å². The molecule has 1 aromatic rings. The average Bonchev–Trinajstić information content (AvgIpc) is 3.15. The number of hydrogen-bond acceptors (Lipinski definition) is 1. The van der Waals surface area contributed by atoms with Crippen molar-refractivity contribution in [2.75, 3.05) is 6.54 Å². The van der Waals surface area contributed by atoms with E-state index in [0.717, 1.165) is 18.5 Å². The summed E-state index contributed by atoms with van der Waals surface area (Å²) >= 11 is 0. The van der Waals surface area contributed by atoms with E-state index in [1.54, 1.807) is 12.1 Å². The van der Waals surface area contributed by atoms with Crippen LogP contribution >= 0.6 is 0 Å². The summed E-state index contributed by atoms with van der Waals surface area (Å²) in [5, 5.41) is 3.61. The molecule has 1 nitrogen and oxygen atoms in total. The molecule has 2 aliphatic rings. The molecule has 16 heavy (non-hydrogen) atoms. The molecule has 2 aliphatic carbocycles. The average molecular weight is 219 g/mol. The van der Waals surface area contributed by atoms with Gasteiger partial charge in [-0.25, -0.2) is 4.39 Å². The number of halogens is 1. The van der Waals surface area contributed by atoms with Crippen molar-refractivity contribution in [2.24, 2.45) is 5.92 Å². The lowest BCUT2D eigenvalue weighted by Gasteiger charge is -2.18. The summed E-state index contributed by atoms with van der Waals surface area (Å²) in [5.74, 6) is 0.589.